The van der Waals surface area contributed by atoms with Crippen LogP contribution in [0.15, 0.2) is 60.0 Å². The molecule has 1 aromatic heterocycles. The van der Waals surface area contributed by atoms with Gasteiger partial charge in [0.2, 0.25) is 5.91 Å². The fourth-order valence-electron chi connectivity index (χ4n) is 2.68. The van der Waals surface area contributed by atoms with Crippen molar-refractivity contribution in [2.45, 2.75) is 19.9 Å². The van der Waals surface area contributed by atoms with Gasteiger partial charge in [0.1, 0.15) is 10.7 Å². The van der Waals surface area contributed by atoms with E-state index in [0.29, 0.717) is 23.7 Å². The SMILES string of the molecule is CCC1C=CC=C(c2nc(C(=O)NCc3cccc(C(N)=O)c3)cs2)C=C1. The fraction of sp³-hybridized carbons (Fsp3) is 0.190. The fourth-order valence-corrected chi connectivity index (χ4v) is 3.49. The monoisotopic (exact) mass is 379 g/mol. The Morgan fingerprint density at radius 3 is 2.93 bits per heavy atom. The molecule has 1 aliphatic carbocycles. The Kier molecular flexibility index (Phi) is 5.98. The van der Waals surface area contributed by atoms with Gasteiger partial charge >= 0.3 is 0 Å². The normalized spacial score (nSPS) is 15.9. The topological polar surface area (TPSA) is 85.1 Å². The van der Waals surface area contributed by atoms with Gasteiger partial charge in [-0.2, -0.15) is 0 Å². The highest BCUT2D eigenvalue weighted by Gasteiger charge is 2.13. The van der Waals surface area contributed by atoms with Gasteiger partial charge in [-0.3, -0.25) is 9.59 Å². The average Bonchev–Trinajstić information content (AvgIpc) is 3.05. The molecule has 0 bridgehead atoms. The molecule has 6 heteroatoms. The van der Waals surface area contributed by atoms with Gasteiger partial charge in [0.05, 0.1) is 0 Å². The molecule has 0 spiro atoms. The summed E-state index contributed by atoms with van der Waals surface area (Å²) >= 11 is 1.44. The number of nitrogens with two attached hydrogens (primary N) is 1. The number of hydrogen-bond donors (Lipinski definition) is 2. The second-order valence-electron chi connectivity index (χ2n) is 6.22. The standard InChI is InChI=1S/C21H21N3O2S/c1-2-14-5-3-7-16(10-9-14)21-24-18(13-27-21)20(26)23-12-15-6-4-8-17(11-15)19(22)25/h3-11,13-14H,2,12H2,1H3,(H2,22,25)(H,23,26). The van der Waals surface area contributed by atoms with Crippen LogP contribution in [0.1, 0.15) is 44.8 Å². The first-order valence-electron chi connectivity index (χ1n) is 8.76. The van der Waals surface area contributed by atoms with Crippen molar-refractivity contribution in [1.29, 1.82) is 0 Å². The number of aromatic nitrogens is 1. The van der Waals surface area contributed by atoms with Crippen LogP contribution in [0.3, 0.4) is 0 Å². The number of rotatable bonds is 6. The number of allylic oxidation sites excluding steroid dienone is 6. The molecule has 2 amide bonds. The first-order chi connectivity index (χ1) is 13.1. The summed E-state index contributed by atoms with van der Waals surface area (Å²) in [7, 11) is 0. The molecule has 3 N–H and O–H groups in total. The Bertz CT molecular complexity index is 940. The molecule has 0 saturated heterocycles. The zero-order valence-corrected chi connectivity index (χ0v) is 15.8. The van der Waals surface area contributed by atoms with Gasteiger partial charge in [-0.1, -0.05) is 49.4 Å². The van der Waals surface area contributed by atoms with Crippen molar-refractivity contribution in [1.82, 2.24) is 10.3 Å². The van der Waals surface area contributed by atoms with Crippen LogP contribution < -0.4 is 11.1 Å². The Balaban J connectivity index is 1.65. The predicted molar refractivity (Wildman–Crippen MR) is 108 cm³/mol. The van der Waals surface area contributed by atoms with Gasteiger partial charge in [0, 0.05) is 23.1 Å². The lowest BCUT2D eigenvalue weighted by atomic mass is 10.1. The third-order valence-corrected chi connectivity index (χ3v) is 5.17. The van der Waals surface area contributed by atoms with Crippen molar-refractivity contribution in [3.8, 4) is 0 Å². The van der Waals surface area contributed by atoms with E-state index in [1.165, 1.54) is 11.3 Å². The quantitative estimate of drug-likeness (QED) is 0.802. The molecule has 3 rings (SSSR count). The summed E-state index contributed by atoms with van der Waals surface area (Å²) in [6, 6.07) is 6.89. The van der Waals surface area contributed by atoms with Crippen LogP contribution in [-0.2, 0) is 6.54 Å². The number of carbonyl (C=O) groups is 2. The van der Waals surface area contributed by atoms with Crippen LogP contribution in [0.2, 0.25) is 0 Å². The molecule has 1 unspecified atom stereocenters. The molecule has 0 aliphatic heterocycles. The van der Waals surface area contributed by atoms with E-state index in [4.69, 9.17) is 5.73 Å². The van der Waals surface area contributed by atoms with Crippen molar-refractivity contribution >= 4 is 28.7 Å². The van der Waals surface area contributed by atoms with Crippen LogP contribution in [0.5, 0.6) is 0 Å². The zero-order chi connectivity index (χ0) is 19.2. The van der Waals surface area contributed by atoms with E-state index in [1.807, 2.05) is 18.2 Å². The molecule has 1 atom stereocenters. The molecule has 1 aromatic carbocycles. The van der Waals surface area contributed by atoms with E-state index in [1.54, 1.807) is 23.6 Å². The lowest BCUT2D eigenvalue weighted by Crippen LogP contribution is -2.23. The minimum atomic E-state index is -0.489. The molecule has 0 fully saturated rings. The van der Waals surface area contributed by atoms with Crippen molar-refractivity contribution in [2.24, 2.45) is 11.7 Å². The molecule has 27 heavy (non-hydrogen) atoms. The number of benzene rings is 1. The first-order valence-corrected chi connectivity index (χ1v) is 9.64. The predicted octanol–water partition coefficient (Wildman–Crippen LogP) is 3.71. The molecular formula is C21H21N3O2S. The van der Waals surface area contributed by atoms with Crippen LogP contribution in [0.4, 0.5) is 0 Å². The van der Waals surface area contributed by atoms with E-state index in [9.17, 15) is 9.59 Å². The minimum absolute atomic E-state index is 0.248. The molecule has 0 radical (unpaired) electrons. The molecule has 5 nitrogen and oxygen atoms in total. The summed E-state index contributed by atoms with van der Waals surface area (Å²) in [4.78, 5) is 28.1. The van der Waals surface area contributed by atoms with Crippen LogP contribution in [0.25, 0.3) is 5.57 Å². The lowest BCUT2D eigenvalue weighted by molar-refractivity contribution is 0.0946. The Morgan fingerprint density at radius 1 is 1.30 bits per heavy atom. The Hall–Kier alpha value is -2.99. The van der Waals surface area contributed by atoms with Crippen molar-refractivity contribution in [3.05, 3.63) is 81.9 Å². The number of nitrogens with one attached hydrogen (secondary N) is 1. The second-order valence-corrected chi connectivity index (χ2v) is 7.08. The molecule has 2 aromatic rings. The van der Waals surface area contributed by atoms with Crippen LogP contribution in [-0.4, -0.2) is 16.8 Å². The summed E-state index contributed by atoms with van der Waals surface area (Å²) in [6.07, 6.45) is 11.5. The van der Waals surface area contributed by atoms with E-state index >= 15 is 0 Å². The van der Waals surface area contributed by atoms with Gasteiger partial charge in [0.15, 0.2) is 0 Å². The van der Waals surface area contributed by atoms with E-state index in [2.05, 4.69) is 35.5 Å². The zero-order valence-electron chi connectivity index (χ0n) is 15.0. The maximum atomic E-state index is 12.4. The number of carbonyl (C=O) groups excluding carboxylic acids is 2. The first kappa shape index (κ1) is 18.8. The molecular weight excluding hydrogens is 358 g/mol. The van der Waals surface area contributed by atoms with Crippen molar-refractivity contribution in [3.63, 3.8) is 0 Å². The average molecular weight is 379 g/mol. The number of thiazole rings is 1. The number of nitrogens with zero attached hydrogens (tertiary/aromatic N) is 1. The third kappa shape index (κ3) is 4.80. The van der Waals surface area contributed by atoms with Crippen LogP contribution in [0, 0.1) is 5.92 Å². The maximum absolute atomic E-state index is 12.4. The third-order valence-electron chi connectivity index (χ3n) is 4.28. The number of hydrogen-bond acceptors (Lipinski definition) is 4. The highest BCUT2D eigenvalue weighted by molar-refractivity contribution is 7.11. The van der Waals surface area contributed by atoms with E-state index < -0.39 is 5.91 Å². The molecule has 138 valence electrons. The van der Waals surface area contributed by atoms with Crippen LogP contribution >= 0.6 is 11.3 Å². The highest BCUT2D eigenvalue weighted by Crippen LogP contribution is 2.24. The van der Waals surface area contributed by atoms with Gasteiger partial charge in [-0.15, -0.1) is 11.3 Å². The second kappa shape index (κ2) is 8.60. The molecule has 0 saturated carbocycles. The largest absolute Gasteiger partial charge is 0.366 e. The van der Waals surface area contributed by atoms with Crippen molar-refractivity contribution in [2.75, 3.05) is 0 Å². The molecule has 1 aliphatic rings. The molecule has 1 heterocycles. The van der Waals surface area contributed by atoms with Gasteiger partial charge in [-0.25, -0.2) is 4.98 Å². The summed E-state index contributed by atoms with van der Waals surface area (Å²) in [5.41, 5.74) is 7.89. The van der Waals surface area contributed by atoms with Crippen molar-refractivity contribution < 1.29 is 9.59 Å². The van der Waals surface area contributed by atoms with E-state index in [-0.39, 0.29) is 5.91 Å². The van der Waals surface area contributed by atoms with Gasteiger partial charge < -0.3 is 11.1 Å². The Labute approximate surface area is 162 Å². The summed E-state index contributed by atoms with van der Waals surface area (Å²) in [5, 5.41) is 5.40. The lowest BCUT2D eigenvalue weighted by Gasteiger charge is -2.05. The van der Waals surface area contributed by atoms with Gasteiger partial charge in [-0.05, 0) is 30.0 Å². The minimum Gasteiger partial charge on any atom is -0.366 e. The summed E-state index contributed by atoms with van der Waals surface area (Å²) in [5.74, 6) is -0.309. The summed E-state index contributed by atoms with van der Waals surface area (Å²) < 4.78 is 0. The highest BCUT2D eigenvalue weighted by atomic mass is 32.1. The maximum Gasteiger partial charge on any atom is 0.271 e. The van der Waals surface area contributed by atoms with E-state index in [0.717, 1.165) is 22.6 Å². The van der Waals surface area contributed by atoms with Gasteiger partial charge in [0.25, 0.3) is 5.91 Å². The number of primary amides is 1. The summed E-state index contributed by atoms with van der Waals surface area (Å²) in [6.45, 7) is 2.45. The Morgan fingerprint density at radius 2 is 2.15 bits per heavy atom. The number of amides is 2. The smallest absolute Gasteiger partial charge is 0.271 e.